The molecule has 13 aromatic rings. The topological polar surface area (TPSA) is 19.7 Å². The van der Waals surface area contributed by atoms with Gasteiger partial charge >= 0.3 is 0 Å². The first-order valence-corrected chi connectivity index (χ1v) is 20.6. The second kappa shape index (κ2) is 10.6. The van der Waals surface area contributed by atoms with Crippen LogP contribution in [0.2, 0.25) is 0 Å². The van der Waals surface area contributed by atoms with Crippen molar-refractivity contribution in [3.8, 4) is 22.7 Å². The predicted octanol–water partition coefficient (Wildman–Crippen LogP) is 11.2. The maximum absolute atomic E-state index is 2.63. The van der Waals surface area contributed by atoms with Crippen molar-refractivity contribution in [2.75, 3.05) is 0 Å². The van der Waals surface area contributed by atoms with E-state index in [0.29, 0.717) is 0 Å². The lowest BCUT2D eigenvalue weighted by Gasteiger charge is -2.33. The summed E-state index contributed by atoms with van der Waals surface area (Å²) in [6.07, 6.45) is 0. The molecule has 0 spiro atoms. The van der Waals surface area contributed by atoms with Crippen LogP contribution in [-0.4, -0.2) is 25.0 Å². The first-order chi connectivity index (χ1) is 29.3. The average Bonchev–Trinajstić information content (AvgIpc) is 4.03. The van der Waals surface area contributed by atoms with Crippen molar-refractivity contribution in [3.63, 3.8) is 0 Å². The zero-order valence-corrected chi connectivity index (χ0v) is 31.8. The normalized spacial score (nSPS) is 13.1. The van der Waals surface area contributed by atoms with E-state index in [9.17, 15) is 0 Å². The minimum atomic E-state index is 0.0823. The zero-order chi connectivity index (χ0) is 38.1. The molecule has 0 unspecified atom stereocenters. The summed E-state index contributed by atoms with van der Waals surface area (Å²) >= 11 is 0. The minimum absolute atomic E-state index is 0.0823. The molecular weight excluding hydrogens is 715 g/mol. The van der Waals surface area contributed by atoms with Crippen LogP contribution in [0.1, 0.15) is 0 Å². The molecule has 9 aromatic carbocycles. The van der Waals surface area contributed by atoms with Gasteiger partial charge in [-0.15, -0.1) is 0 Å². The van der Waals surface area contributed by atoms with Crippen molar-refractivity contribution in [1.29, 1.82) is 0 Å². The van der Waals surface area contributed by atoms with Gasteiger partial charge in [0, 0.05) is 76.9 Å². The van der Waals surface area contributed by atoms with E-state index in [-0.39, 0.29) is 6.71 Å². The van der Waals surface area contributed by atoms with Gasteiger partial charge in [-0.1, -0.05) is 133 Å². The Kier molecular flexibility index (Phi) is 5.46. The summed E-state index contributed by atoms with van der Waals surface area (Å²) in [6.45, 7) is 0.0823. The van der Waals surface area contributed by atoms with Crippen molar-refractivity contribution in [1.82, 2.24) is 18.3 Å². The van der Waals surface area contributed by atoms with Gasteiger partial charge in [0.05, 0.1) is 33.1 Å². The molecule has 0 aliphatic carbocycles. The summed E-state index contributed by atoms with van der Waals surface area (Å²) in [5, 5.41) is 10.3. The van der Waals surface area contributed by atoms with Gasteiger partial charge in [-0.3, -0.25) is 0 Å². The Morgan fingerprint density at radius 2 is 0.729 bits per heavy atom. The summed E-state index contributed by atoms with van der Waals surface area (Å²) in [4.78, 5) is 0. The zero-order valence-electron chi connectivity index (χ0n) is 31.8. The third-order valence-electron chi connectivity index (χ3n) is 13.7. The van der Waals surface area contributed by atoms with Crippen molar-refractivity contribution in [2.24, 2.45) is 0 Å². The first-order valence-electron chi connectivity index (χ1n) is 20.6. The van der Waals surface area contributed by atoms with Gasteiger partial charge in [-0.25, -0.2) is 0 Å². The lowest BCUT2D eigenvalue weighted by atomic mass is 9.34. The second-order valence-corrected chi connectivity index (χ2v) is 16.4. The molecule has 2 aliphatic heterocycles. The van der Waals surface area contributed by atoms with Crippen LogP contribution in [0.25, 0.3) is 110 Å². The van der Waals surface area contributed by atoms with E-state index in [4.69, 9.17) is 0 Å². The molecule has 15 rings (SSSR count). The van der Waals surface area contributed by atoms with E-state index < -0.39 is 0 Å². The van der Waals surface area contributed by atoms with Crippen molar-refractivity contribution in [2.45, 2.75) is 0 Å². The standard InChI is InChI=1S/C54H31BN4/c1-3-14-32(15-4-1)56-44-25-10-8-19-40(44)48-45(56)31-30-38-35-20-11-22-41-50(35)58(52(38)48)46-26-13-27-47-49(46)55(41)42-23-12-21-36-39-29-28-37-34-18-7-9-24-43(34)57(33-16-5-2-6-17-33)53(37)54(39)59(47)51(36)42/h1-31H. The quantitative estimate of drug-likeness (QED) is 0.157. The van der Waals surface area contributed by atoms with Crippen LogP contribution in [-0.2, 0) is 0 Å². The molecule has 0 bridgehead atoms. The molecule has 0 radical (unpaired) electrons. The number of benzene rings is 9. The number of fused-ring (bicyclic) bond motifs is 18. The number of hydrogen-bond donors (Lipinski definition) is 0. The van der Waals surface area contributed by atoms with E-state index in [0.717, 1.165) is 0 Å². The second-order valence-electron chi connectivity index (χ2n) is 16.4. The Labute approximate surface area is 338 Å². The monoisotopic (exact) mass is 746 g/mol. The van der Waals surface area contributed by atoms with Crippen LogP contribution in [0.5, 0.6) is 0 Å². The van der Waals surface area contributed by atoms with Crippen molar-refractivity contribution < 1.29 is 0 Å². The highest BCUT2D eigenvalue weighted by Crippen LogP contribution is 2.46. The number of para-hydroxylation sites is 6. The summed E-state index contributed by atoms with van der Waals surface area (Å²) in [5.74, 6) is 0. The molecule has 59 heavy (non-hydrogen) atoms. The molecule has 0 saturated carbocycles. The molecule has 4 aromatic heterocycles. The van der Waals surface area contributed by atoms with Crippen LogP contribution in [0.15, 0.2) is 188 Å². The number of hydrogen-bond acceptors (Lipinski definition) is 0. The number of nitrogens with zero attached hydrogens (tertiary/aromatic N) is 4. The molecule has 0 saturated heterocycles. The molecule has 0 amide bonds. The summed E-state index contributed by atoms with van der Waals surface area (Å²) in [6, 6.07) is 70.1. The molecule has 0 atom stereocenters. The van der Waals surface area contributed by atoms with E-state index >= 15 is 0 Å². The SMILES string of the molecule is c1ccc(-n2c3ccccc3c3c2ccc2c4cccc5c4n(c23)-c2cccc3c2B5c2cccc4c5ccc6c7ccccc7n(-c7ccccc7)c6c5n-3c24)cc1. The average molecular weight is 747 g/mol. The van der Waals surface area contributed by atoms with E-state index in [1.807, 2.05) is 0 Å². The van der Waals surface area contributed by atoms with Crippen LogP contribution >= 0.6 is 0 Å². The third kappa shape index (κ3) is 3.52. The van der Waals surface area contributed by atoms with Crippen LogP contribution in [0.4, 0.5) is 0 Å². The van der Waals surface area contributed by atoms with E-state index in [2.05, 4.69) is 206 Å². The Balaban J connectivity index is 1.14. The van der Waals surface area contributed by atoms with E-state index in [1.165, 1.54) is 126 Å². The molecular formula is C54H31BN4. The van der Waals surface area contributed by atoms with Gasteiger partial charge in [0.2, 0.25) is 0 Å². The highest BCUT2D eigenvalue weighted by atomic mass is 15.1. The van der Waals surface area contributed by atoms with Gasteiger partial charge in [0.25, 0.3) is 6.71 Å². The highest BCUT2D eigenvalue weighted by molar-refractivity contribution is 7.00. The molecule has 4 nitrogen and oxygen atoms in total. The first kappa shape index (κ1) is 30.4. The Morgan fingerprint density at radius 1 is 0.271 bits per heavy atom. The summed E-state index contributed by atoms with van der Waals surface area (Å²) in [5.41, 5.74) is 19.0. The summed E-state index contributed by atoms with van der Waals surface area (Å²) in [7, 11) is 0. The molecule has 270 valence electrons. The van der Waals surface area contributed by atoms with Gasteiger partial charge in [-0.2, -0.15) is 0 Å². The third-order valence-corrected chi connectivity index (χ3v) is 13.7. The fourth-order valence-corrected chi connectivity index (χ4v) is 11.6. The van der Waals surface area contributed by atoms with Crippen molar-refractivity contribution in [3.05, 3.63) is 188 Å². The lowest BCUT2D eigenvalue weighted by molar-refractivity contribution is 1.13. The van der Waals surface area contributed by atoms with E-state index in [1.54, 1.807) is 0 Å². The van der Waals surface area contributed by atoms with Gasteiger partial charge in [-0.05, 0) is 71.0 Å². The summed E-state index contributed by atoms with van der Waals surface area (Å²) < 4.78 is 10.2. The smallest absolute Gasteiger partial charge is 0.252 e. The molecule has 2 aliphatic rings. The molecule has 0 fully saturated rings. The van der Waals surface area contributed by atoms with Crippen molar-refractivity contribution >= 4 is 110 Å². The fourth-order valence-electron chi connectivity index (χ4n) is 11.6. The fraction of sp³-hybridized carbons (Fsp3) is 0. The van der Waals surface area contributed by atoms with Crippen LogP contribution < -0.4 is 16.4 Å². The lowest BCUT2D eigenvalue weighted by Crippen LogP contribution is -2.59. The molecule has 5 heteroatoms. The Morgan fingerprint density at radius 3 is 1.41 bits per heavy atom. The maximum atomic E-state index is 2.63. The molecule has 0 N–H and O–H groups in total. The molecule has 6 heterocycles. The number of aromatic nitrogens is 4. The number of rotatable bonds is 2. The predicted molar refractivity (Wildman–Crippen MR) is 248 cm³/mol. The van der Waals surface area contributed by atoms with Crippen LogP contribution in [0, 0.1) is 0 Å². The van der Waals surface area contributed by atoms with Gasteiger partial charge in [0.15, 0.2) is 0 Å². The minimum Gasteiger partial charge on any atom is -0.309 e. The van der Waals surface area contributed by atoms with Gasteiger partial charge < -0.3 is 18.3 Å². The van der Waals surface area contributed by atoms with Gasteiger partial charge in [0.1, 0.15) is 0 Å². The Bertz CT molecular complexity index is 4010. The highest BCUT2D eigenvalue weighted by Gasteiger charge is 2.41. The van der Waals surface area contributed by atoms with Crippen LogP contribution in [0.3, 0.4) is 0 Å². The largest absolute Gasteiger partial charge is 0.309 e. The Hall–Kier alpha value is -7.76. The maximum Gasteiger partial charge on any atom is 0.252 e.